The summed E-state index contributed by atoms with van der Waals surface area (Å²) >= 11 is 0. The third kappa shape index (κ3) is 1.28. The Morgan fingerprint density at radius 1 is 1.41 bits per heavy atom. The minimum Gasteiger partial charge on any atom is -0.481 e. The highest BCUT2D eigenvalue weighted by atomic mass is 16.4. The van der Waals surface area contributed by atoms with Crippen molar-refractivity contribution in [1.29, 1.82) is 0 Å². The summed E-state index contributed by atoms with van der Waals surface area (Å²) in [7, 11) is 0. The van der Waals surface area contributed by atoms with Crippen LogP contribution in [0.15, 0.2) is 24.4 Å². The Bertz CT molecular complexity index is 603. The van der Waals surface area contributed by atoms with Crippen molar-refractivity contribution in [1.82, 2.24) is 14.6 Å². The number of aliphatic carboxylic acids is 1. The number of aromatic nitrogens is 3. The van der Waals surface area contributed by atoms with Crippen LogP contribution in [0.2, 0.25) is 0 Å². The minimum atomic E-state index is -0.757. The molecule has 0 bridgehead atoms. The number of carboxylic acids is 1. The molecule has 17 heavy (non-hydrogen) atoms. The number of carboxylic acid groups (broad SMARTS) is 1. The summed E-state index contributed by atoms with van der Waals surface area (Å²) in [6.07, 6.45) is 1.87. The fraction of sp³-hybridized carbons (Fsp3) is 0.417. The lowest BCUT2D eigenvalue weighted by Gasteiger charge is -2.00. The van der Waals surface area contributed by atoms with Gasteiger partial charge in [-0.1, -0.05) is 19.9 Å². The molecule has 2 atom stereocenters. The van der Waals surface area contributed by atoms with Gasteiger partial charge in [-0.05, 0) is 17.5 Å². The van der Waals surface area contributed by atoms with Crippen LogP contribution in [0.4, 0.5) is 0 Å². The molecule has 2 aromatic rings. The summed E-state index contributed by atoms with van der Waals surface area (Å²) < 4.78 is 1.87. The fourth-order valence-electron chi connectivity index (χ4n) is 2.65. The first-order valence-electron chi connectivity index (χ1n) is 5.56. The topological polar surface area (TPSA) is 67.5 Å². The smallest absolute Gasteiger partial charge is 0.307 e. The second-order valence-electron chi connectivity index (χ2n) is 5.10. The van der Waals surface area contributed by atoms with Gasteiger partial charge in [-0.25, -0.2) is 0 Å². The molecule has 1 N–H and O–H groups in total. The van der Waals surface area contributed by atoms with Crippen LogP contribution < -0.4 is 0 Å². The van der Waals surface area contributed by atoms with Gasteiger partial charge in [0, 0.05) is 12.1 Å². The highest BCUT2D eigenvalue weighted by Gasteiger charge is 2.64. The second kappa shape index (κ2) is 3.06. The number of hydrogen-bond donors (Lipinski definition) is 1. The fourth-order valence-corrected chi connectivity index (χ4v) is 2.65. The molecule has 3 rings (SSSR count). The average molecular weight is 231 g/mol. The summed E-state index contributed by atoms with van der Waals surface area (Å²) in [6.45, 7) is 3.92. The van der Waals surface area contributed by atoms with E-state index in [0.717, 1.165) is 11.5 Å². The summed E-state index contributed by atoms with van der Waals surface area (Å²) in [5.74, 6) is -0.432. The molecule has 88 valence electrons. The molecular weight excluding hydrogens is 218 g/mol. The highest BCUT2D eigenvalue weighted by Crippen LogP contribution is 2.63. The van der Waals surface area contributed by atoms with Gasteiger partial charge in [0.05, 0.1) is 5.92 Å². The molecule has 1 aliphatic rings. The largest absolute Gasteiger partial charge is 0.481 e. The van der Waals surface area contributed by atoms with E-state index >= 15 is 0 Å². The predicted molar refractivity (Wildman–Crippen MR) is 60.6 cm³/mol. The Morgan fingerprint density at radius 3 is 2.82 bits per heavy atom. The van der Waals surface area contributed by atoms with Crippen molar-refractivity contribution in [2.75, 3.05) is 0 Å². The Hall–Kier alpha value is -1.91. The zero-order valence-electron chi connectivity index (χ0n) is 9.66. The summed E-state index contributed by atoms with van der Waals surface area (Å²) in [5, 5.41) is 17.4. The van der Waals surface area contributed by atoms with Crippen LogP contribution in [0.1, 0.15) is 25.6 Å². The van der Waals surface area contributed by atoms with Crippen molar-refractivity contribution in [3.05, 3.63) is 30.2 Å². The van der Waals surface area contributed by atoms with Crippen molar-refractivity contribution in [2.45, 2.75) is 19.8 Å². The molecule has 0 amide bonds. The molecule has 2 heterocycles. The van der Waals surface area contributed by atoms with Gasteiger partial charge in [-0.3, -0.25) is 9.20 Å². The zero-order valence-corrected chi connectivity index (χ0v) is 9.66. The Morgan fingerprint density at radius 2 is 2.18 bits per heavy atom. The molecule has 1 aliphatic carbocycles. The number of nitrogens with zero attached hydrogens (tertiary/aromatic N) is 3. The number of carbonyl (C=O) groups is 1. The molecule has 5 nitrogen and oxygen atoms in total. The maximum atomic E-state index is 11.2. The first-order valence-corrected chi connectivity index (χ1v) is 5.56. The summed E-state index contributed by atoms with van der Waals surface area (Å²) in [6, 6.07) is 5.65. The molecule has 0 aliphatic heterocycles. The normalized spacial score (nSPS) is 26.0. The Labute approximate surface area is 98.1 Å². The lowest BCUT2D eigenvalue weighted by Crippen LogP contribution is -2.03. The Balaban J connectivity index is 2.09. The van der Waals surface area contributed by atoms with E-state index in [0.29, 0.717) is 0 Å². The lowest BCUT2D eigenvalue weighted by molar-refractivity contribution is -0.139. The van der Waals surface area contributed by atoms with Gasteiger partial charge in [-0.15, -0.1) is 10.2 Å². The number of pyridine rings is 1. The standard InChI is InChI=1S/C12H13N3O2/c1-12(2)8(9(12)11(16)17)10-14-13-7-5-3-4-6-15(7)10/h3-6,8-9H,1-2H3,(H,16,17). The lowest BCUT2D eigenvalue weighted by atomic mass is 10.1. The highest BCUT2D eigenvalue weighted by molar-refractivity contribution is 5.77. The van der Waals surface area contributed by atoms with Crippen molar-refractivity contribution < 1.29 is 9.90 Å². The number of rotatable bonds is 2. The third-order valence-corrected chi connectivity index (χ3v) is 3.71. The van der Waals surface area contributed by atoms with Crippen LogP contribution in [0.3, 0.4) is 0 Å². The number of fused-ring (bicyclic) bond motifs is 1. The van der Waals surface area contributed by atoms with Crippen LogP contribution in [-0.2, 0) is 4.79 Å². The van der Waals surface area contributed by atoms with Gasteiger partial charge in [0.15, 0.2) is 5.65 Å². The monoisotopic (exact) mass is 231 g/mol. The molecular formula is C12H13N3O2. The molecule has 1 saturated carbocycles. The quantitative estimate of drug-likeness (QED) is 0.851. The van der Waals surface area contributed by atoms with E-state index in [4.69, 9.17) is 0 Å². The molecule has 0 aromatic carbocycles. The van der Waals surface area contributed by atoms with Gasteiger partial charge < -0.3 is 5.11 Å². The van der Waals surface area contributed by atoms with Crippen molar-refractivity contribution in [2.24, 2.45) is 11.3 Å². The van der Waals surface area contributed by atoms with Gasteiger partial charge in [0.2, 0.25) is 0 Å². The predicted octanol–water partition coefficient (Wildman–Crippen LogP) is 1.55. The van der Waals surface area contributed by atoms with E-state index in [2.05, 4.69) is 10.2 Å². The minimum absolute atomic E-state index is 0.0580. The molecule has 0 radical (unpaired) electrons. The first kappa shape index (κ1) is 10.3. The maximum absolute atomic E-state index is 11.2. The Kier molecular flexibility index (Phi) is 1.85. The zero-order chi connectivity index (χ0) is 12.2. The van der Waals surface area contributed by atoms with E-state index in [9.17, 15) is 9.90 Å². The molecule has 2 aromatic heterocycles. The van der Waals surface area contributed by atoms with E-state index in [1.165, 1.54) is 0 Å². The van der Waals surface area contributed by atoms with E-state index in [1.54, 1.807) is 0 Å². The molecule has 1 fully saturated rings. The van der Waals surface area contributed by atoms with E-state index in [-0.39, 0.29) is 17.3 Å². The summed E-state index contributed by atoms with van der Waals surface area (Å²) in [4.78, 5) is 11.2. The van der Waals surface area contributed by atoms with Gasteiger partial charge in [0.1, 0.15) is 5.82 Å². The molecule has 0 saturated heterocycles. The third-order valence-electron chi connectivity index (χ3n) is 3.71. The van der Waals surface area contributed by atoms with Gasteiger partial charge in [-0.2, -0.15) is 0 Å². The van der Waals surface area contributed by atoms with Gasteiger partial charge >= 0.3 is 5.97 Å². The van der Waals surface area contributed by atoms with Crippen LogP contribution in [-0.4, -0.2) is 25.7 Å². The van der Waals surface area contributed by atoms with Crippen LogP contribution in [0, 0.1) is 11.3 Å². The average Bonchev–Trinajstić information content (AvgIpc) is 2.68. The van der Waals surface area contributed by atoms with E-state index in [1.807, 2.05) is 42.6 Å². The molecule has 0 spiro atoms. The molecule has 5 heteroatoms. The van der Waals surface area contributed by atoms with E-state index < -0.39 is 5.97 Å². The van der Waals surface area contributed by atoms with Crippen molar-refractivity contribution in [3.63, 3.8) is 0 Å². The van der Waals surface area contributed by atoms with Gasteiger partial charge in [0.25, 0.3) is 0 Å². The van der Waals surface area contributed by atoms with Crippen LogP contribution in [0.25, 0.3) is 5.65 Å². The van der Waals surface area contributed by atoms with Crippen LogP contribution in [0.5, 0.6) is 0 Å². The SMILES string of the molecule is CC1(C)C(C(=O)O)C1c1nnc2ccccn12. The molecule has 2 unspecified atom stereocenters. The first-order chi connectivity index (χ1) is 8.03. The van der Waals surface area contributed by atoms with Crippen molar-refractivity contribution >= 4 is 11.6 Å². The number of hydrogen-bond acceptors (Lipinski definition) is 3. The van der Waals surface area contributed by atoms with Crippen molar-refractivity contribution in [3.8, 4) is 0 Å². The summed E-state index contributed by atoms with van der Waals surface area (Å²) in [5.41, 5.74) is 0.513. The van der Waals surface area contributed by atoms with Crippen LogP contribution >= 0.6 is 0 Å². The maximum Gasteiger partial charge on any atom is 0.307 e. The second-order valence-corrected chi connectivity index (χ2v) is 5.10.